The average Bonchev–Trinajstić information content (AvgIpc) is 3.16. The summed E-state index contributed by atoms with van der Waals surface area (Å²) in [5.74, 6) is -0.876. The second-order valence-corrected chi connectivity index (χ2v) is 6.24. The summed E-state index contributed by atoms with van der Waals surface area (Å²) in [6.45, 7) is -0.380. The molecule has 1 aliphatic heterocycles. The molecule has 0 atom stereocenters. The molecule has 0 bridgehead atoms. The highest BCUT2D eigenvalue weighted by atomic mass is 35.5. The topological polar surface area (TPSA) is 59.7 Å². The lowest BCUT2D eigenvalue weighted by Gasteiger charge is -2.18. The minimum absolute atomic E-state index is 0.0244. The van der Waals surface area contributed by atoms with Crippen LogP contribution in [0.1, 0.15) is 21.6 Å². The van der Waals surface area contributed by atoms with E-state index < -0.39 is 12.5 Å². The first-order valence-electron chi connectivity index (χ1n) is 7.86. The lowest BCUT2D eigenvalue weighted by Crippen LogP contribution is -2.26. The van der Waals surface area contributed by atoms with Gasteiger partial charge in [0.1, 0.15) is 24.8 Å². The molecule has 0 saturated carbocycles. The van der Waals surface area contributed by atoms with E-state index in [1.165, 1.54) is 18.3 Å². The van der Waals surface area contributed by atoms with Crippen molar-refractivity contribution in [1.29, 1.82) is 0 Å². The maximum atomic E-state index is 13.5. The van der Waals surface area contributed by atoms with Crippen LogP contribution in [0.15, 0.2) is 30.6 Å². The van der Waals surface area contributed by atoms with Crippen molar-refractivity contribution in [3.63, 3.8) is 0 Å². The summed E-state index contributed by atoms with van der Waals surface area (Å²) < 4.78 is 32.6. The molecule has 3 aromatic rings. The molecule has 4 rings (SSSR count). The van der Waals surface area contributed by atoms with Gasteiger partial charge >= 0.3 is 0 Å². The molecule has 3 heterocycles. The van der Waals surface area contributed by atoms with Gasteiger partial charge in [-0.2, -0.15) is 5.10 Å². The van der Waals surface area contributed by atoms with Crippen LogP contribution < -0.4 is 4.74 Å². The standard InChI is InChI=1S/C17H13ClF2N4O2/c18-10-6-21-16-13-8-23(9-14(13)22-24(16)7-10)17(25)12-2-1-11(20)5-15(12)26-4-3-19/h1-2,5-7H,3-4,8-9H2. The summed E-state index contributed by atoms with van der Waals surface area (Å²) in [4.78, 5) is 18.7. The molecular weight excluding hydrogens is 366 g/mol. The summed E-state index contributed by atoms with van der Waals surface area (Å²) in [5.41, 5.74) is 2.37. The van der Waals surface area contributed by atoms with Crippen LogP contribution in [0.5, 0.6) is 5.75 Å². The Labute approximate surface area is 152 Å². The van der Waals surface area contributed by atoms with Crippen molar-refractivity contribution in [1.82, 2.24) is 19.5 Å². The Hall–Kier alpha value is -2.74. The Bertz CT molecular complexity index is 1010. The number of ether oxygens (including phenoxy) is 1. The fraction of sp³-hybridized carbons (Fsp3) is 0.235. The quantitative estimate of drug-likeness (QED) is 0.700. The number of carbonyl (C=O) groups is 1. The Morgan fingerprint density at radius 1 is 1.35 bits per heavy atom. The van der Waals surface area contributed by atoms with Crippen LogP contribution in [0.3, 0.4) is 0 Å². The number of benzene rings is 1. The van der Waals surface area contributed by atoms with Crippen LogP contribution in [-0.4, -0.2) is 38.7 Å². The van der Waals surface area contributed by atoms with Crippen molar-refractivity contribution in [3.8, 4) is 5.75 Å². The maximum absolute atomic E-state index is 13.5. The SMILES string of the molecule is O=C(c1ccc(F)cc1OCCF)N1Cc2nn3cc(Cl)cnc3c2C1. The van der Waals surface area contributed by atoms with Gasteiger partial charge in [-0.05, 0) is 12.1 Å². The van der Waals surface area contributed by atoms with E-state index >= 15 is 0 Å². The fourth-order valence-electron chi connectivity index (χ4n) is 2.98. The van der Waals surface area contributed by atoms with Crippen LogP contribution >= 0.6 is 11.6 Å². The van der Waals surface area contributed by atoms with Gasteiger partial charge in [-0.25, -0.2) is 18.3 Å². The molecule has 1 aliphatic rings. The van der Waals surface area contributed by atoms with Gasteiger partial charge in [0.15, 0.2) is 5.65 Å². The second kappa shape index (κ2) is 6.53. The first-order chi connectivity index (χ1) is 12.6. The largest absolute Gasteiger partial charge is 0.490 e. The molecule has 2 aromatic heterocycles. The zero-order chi connectivity index (χ0) is 18.3. The molecule has 6 nitrogen and oxygen atoms in total. The molecule has 1 aromatic carbocycles. The van der Waals surface area contributed by atoms with Gasteiger partial charge in [0.25, 0.3) is 5.91 Å². The van der Waals surface area contributed by atoms with Crippen molar-refractivity contribution >= 4 is 23.2 Å². The third kappa shape index (κ3) is 2.86. The van der Waals surface area contributed by atoms with Gasteiger partial charge in [0.05, 0.1) is 35.6 Å². The predicted molar refractivity (Wildman–Crippen MR) is 89.4 cm³/mol. The van der Waals surface area contributed by atoms with Gasteiger partial charge in [0, 0.05) is 17.8 Å². The summed E-state index contributed by atoms with van der Waals surface area (Å²) >= 11 is 5.91. The first kappa shape index (κ1) is 16.7. The van der Waals surface area contributed by atoms with E-state index in [4.69, 9.17) is 16.3 Å². The molecular formula is C17H13ClF2N4O2. The van der Waals surface area contributed by atoms with Crippen LogP contribution in [-0.2, 0) is 13.1 Å². The summed E-state index contributed by atoms with van der Waals surface area (Å²) in [6.07, 6.45) is 3.17. The van der Waals surface area contributed by atoms with Crippen molar-refractivity contribution in [3.05, 3.63) is 58.3 Å². The third-order valence-electron chi connectivity index (χ3n) is 4.11. The molecule has 1 amide bonds. The van der Waals surface area contributed by atoms with Gasteiger partial charge < -0.3 is 9.64 Å². The minimum Gasteiger partial charge on any atom is -0.490 e. The van der Waals surface area contributed by atoms with E-state index in [0.717, 1.165) is 17.3 Å². The van der Waals surface area contributed by atoms with Crippen molar-refractivity contribution in [2.45, 2.75) is 13.1 Å². The van der Waals surface area contributed by atoms with E-state index in [9.17, 15) is 13.6 Å². The molecule has 0 spiro atoms. The van der Waals surface area contributed by atoms with Crippen molar-refractivity contribution < 1.29 is 18.3 Å². The Balaban J connectivity index is 1.62. The Kier molecular flexibility index (Phi) is 4.20. The molecule has 26 heavy (non-hydrogen) atoms. The fourth-order valence-corrected chi connectivity index (χ4v) is 3.12. The number of amides is 1. The maximum Gasteiger partial charge on any atom is 0.258 e. The van der Waals surface area contributed by atoms with Crippen LogP contribution in [0.4, 0.5) is 8.78 Å². The molecule has 9 heteroatoms. The molecule has 0 aliphatic carbocycles. The third-order valence-corrected chi connectivity index (χ3v) is 4.30. The number of halogens is 3. The summed E-state index contributed by atoms with van der Waals surface area (Å²) in [5, 5.41) is 4.87. The lowest BCUT2D eigenvalue weighted by molar-refractivity contribution is 0.0744. The number of aromatic nitrogens is 3. The lowest BCUT2D eigenvalue weighted by atomic mass is 10.1. The van der Waals surface area contributed by atoms with Gasteiger partial charge in [-0.3, -0.25) is 4.79 Å². The number of fused-ring (bicyclic) bond motifs is 3. The van der Waals surface area contributed by atoms with E-state index in [2.05, 4.69) is 10.1 Å². The average molecular weight is 379 g/mol. The van der Waals surface area contributed by atoms with Gasteiger partial charge in [-0.15, -0.1) is 0 Å². The molecule has 0 N–H and O–H groups in total. The highest BCUT2D eigenvalue weighted by Crippen LogP contribution is 2.29. The molecule has 0 radical (unpaired) electrons. The highest BCUT2D eigenvalue weighted by Gasteiger charge is 2.30. The number of alkyl halides is 1. The smallest absolute Gasteiger partial charge is 0.258 e. The highest BCUT2D eigenvalue weighted by molar-refractivity contribution is 6.30. The van der Waals surface area contributed by atoms with Crippen LogP contribution in [0, 0.1) is 5.82 Å². The Morgan fingerprint density at radius 3 is 3.00 bits per heavy atom. The number of hydrogen-bond donors (Lipinski definition) is 0. The van der Waals surface area contributed by atoms with E-state index in [1.807, 2.05) is 0 Å². The monoisotopic (exact) mass is 378 g/mol. The second-order valence-electron chi connectivity index (χ2n) is 5.80. The van der Waals surface area contributed by atoms with Crippen LogP contribution in [0.25, 0.3) is 5.65 Å². The first-order valence-corrected chi connectivity index (χ1v) is 8.24. The number of rotatable bonds is 4. The number of nitrogens with zero attached hydrogens (tertiary/aromatic N) is 4. The number of hydrogen-bond acceptors (Lipinski definition) is 4. The molecule has 0 unspecified atom stereocenters. The normalized spacial score (nSPS) is 13.3. The summed E-state index contributed by atoms with van der Waals surface area (Å²) in [7, 11) is 0. The zero-order valence-corrected chi connectivity index (χ0v) is 14.2. The Morgan fingerprint density at radius 2 is 2.19 bits per heavy atom. The van der Waals surface area contributed by atoms with E-state index in [0.29, 0.717) is 17.2 Å². The van der Waals surface area contributed by atoms with Crippen LogP contribution in [0.2, 0.25) is 5.02 Å². The molecule has 0 saturated heterocycles. The summed E-state index contributed by atoms with van der Waals surface area (Å²) in [6, 6.07) is 3.59. The van der Waals surface area contributed by atoms with Gasteiger partial charge in [0.2, 0.25) is 0 Å². The van der Waals surface area contributed by atoms with Gasteiger partial charge in [-0.1, -0.05) is 11.6 Å². The van der Waals surface area contributed by atoms with E-state index in [-0.39, 0.29) is 30.4 Å². The zero-order valence-electron chi connectivity index (χ0n) is 13.5. The van der Waals surface area contributed by atoms with E-state index in [1.54, 1.807) is 15.6 Å². The molecule has 0 fully saturated rings. The van der Waals surface area contributed by atoms with Crippen molar-refractivity contribution in [2.75, 3.05) is 13.3 Å². The minimum atomic E-state index is -0.731. The predicted octanol–water partition coefficient (Wildman–Crippen LogP) is 3.03. The molecule has 134 valence electrons. The van der Waals surface area contributed by atoms with Crippen molar-refractivity contribution in [2.24, 2.45) is 0 Å². The number of carbonyl (C=O) groups excluding carboxylic acids is 1.